The van der Waals surface area contributed by atoms with Crippen molar-refractivity contribution < 1.29 is 32.3 Å². The van der Waals surface area contributed by atoms with E-state index in [0.717, 1.165) is 0 Å². The first kappa shape index (κ1) is 19.5. The maximum atomic E-state index is 12.2. The maximum absolute atomic E-state index is 12.2. The molecule has 3 heterocycles. The van der Waals surface area contributed by atoms with Crippen molar-refractivity contribution in [3.05, 3.63) is 58.9 Å². The summed E-state index contributed by atoms with van der Waals surface area (Å²) in [5, 5.41) is 10.8. The Hall–Kier alpha value is -3.83. The summed E-state index contributed by atoms with van der Waals surface area (Å²) in [7, 11) is 0. The van der Waals surface area contributed by atoms with Crippen LogP contribution in [0.1, 0.15) is 0 Å². The van der Waals surface area contributed by atoms with Crippen LogP contribution in [0.5, 0.6) is 17.5 Å². The smallest absolute Gasteiger partial charge is 0.483 e. The summed E-state index contributed by atoms with van der Waals surface area (Å²) in [6, 6.07) is 8.82. The Morgan fingerprint density at radius 2 is 1.90 bits per heavy atom. The predicted octanol–water partition coefficient (Wildman–Crippen LogP) is 3.59. The van der Waals surface area contributed by atoms with Gasteiger partial charge in [-0.1, -0.05) is 0 Å². The van der Waals surface area contributed by atoms with Gasteiger partial charge in [0.25, 0.3) is 0 Å². The molecule has 0 saturated heterocycles. The van der Waals surface area contributed by atoms with Crippen LogP contribution in [0.25, 0.3) is 11.3 Å². The number of benzene rings is 1. The number of hydrogen-bond donors (Lipinski definition) is 0. The molecule has 0 saturated carbocycles. The number of aromatic nitrogens is 3. The summed E-state index contributed by atoms with van der Waals surface area (Å²) in [5.74, 6) is -0.173. The lowest BCUT2D eigenvalue weighted by Gasteiger charge is -2.23. The summed E-state index contributed by atoms with van der Waals surface area (Å²) in [6.45, 7) is 0.481. The first-order chi connectivity index (χ1) is 14.3. The molecule has 4 rings (SSSR count). The Morgan fingerprint density at radius 1 is 1.17 bits per heavy atom. The molecule has 9 nitrogen and oxygen atoms in total. The second-order valence-corrected chi connectivity index (χ2v) is 6.29. The van der Waals surface area contributed by atoms with E-state index in [0.29, 0.717) is 23.6 Å². The van der Waals surface area contributed by atoms with Crippen LogP contribution in [0.3, 0.4) is 0 Å². The Balaban J connectivity index is 1.40. The van der Waals surface area contributed by atoms with E-state index in [2.05, 4.69) is 14.7 Å². The summed E-state index contributed by atoms with van der Waals surface area (Å²) in [6.07, 6.45) is -2.40. The fourth-order valence-electron chi connectivity index (χ4n) is 2.87. The molecule has 12 heteroatoms. The van der Waals surface area contributed by atoms with Gasteiger partial charge >= 0.3 is 18.2 Å². The molecule has 0 unspecified atom stereocenters. The second-order valence-electron chi connectivity index (χ2n) is 6.29. The summed E-state index contributed by atoms with van der Waals surface area (Å²) in [4.78, 5) is 18.2. The van der Waals surface area contributed by atoms with Crippen molar-refractivity contribution in [3.8, 4) is 28.8 Å². The fraction of sp³-hybridized carbons (Fsp3) is 0.222. The second kappa shape index (κ2) is 7.54. The zero-order chi connectivity index (χ0) is 21.3. The van der Waals surface area contributed by atoms with Gasteiger partial charge in [-0.15, -0.1) is 13.2 Å². The minimum absolute atomic E-state index is 0.160. The standard InChI is InChI=1S/C18H13F3N4O5/c19-18(20,21)30-12-3-1-11(2-4-12)15-6-5-13(7-22-15)29-14-8-24-9-16(25(26)27)23-17(24)28-10-14/h1-7,9,14H,8,10H2/t14-/m1/s1. The third-order valence-corrected chi connectivity index (χ3v) is 4.14. The first-order valence-electron chi connectivity index (χ1n) is 8.60. The number of rotatable bonds is 5. The minimum Gasteiger partial charge on any atom is -0.483 e. The number of alkyl halides is 3. The lowest BCUT2D eigenvalue weighted by Crippen LogP contribution is -2.34. The topological polar surface area (TPSA) is 102 Å². The Kier molecular flexibility index (Phi) is 4.90. The van der Waals surface area contributed by atoms with Crippen molar-refractivity contribution in [2.24, 2.45) is 0 Å². The molecule has 1 aromatic carbocycles. The third-order valence-electron chi connectivity index (χ3n) is 4.14. The monoisotopic (exact) mass is 422 g/mol. The van der Waals surface area contributed by atoms with E-state index in [4.69, 9.17) is 9.47 Å². The van der Waals surface area contributed by atoms with Crippen LogP contribution in [0.2, 0.25) is 0 Å². The van der Waals surface area contributed by atoms with Gasteiger partial charge in [0, 0.05) is 10.5 Å². The molecule has 0 fully saturated rings. The van der Waals surface area contributed by atoms with Crippen molar-refractivity contribution in [2.75, 3.05) is 6.61 Å². The van der Waals surface area contributed by atoms with Gasteiger partial charge in [-0.2, -0.15) is 0 Å². The van der Waals surface area contributed by atoms with E-state index in [9.17, 15) is 23.3 Å². The lowest BCUT2D eigenvalue weighted by atomic mass is 10.1. The molecule has 0 radical (unpaired) electrons. The van der Waals surface area contributed by atoms with Crippen LogP contribution >= 0.6 is 0 Å². The van der Waals surface area contributed by atoms with Crippen LogP contribution in [-0.2, 0) is 6.54 Å². The van der Waals surface area contributed by atoms with Gasteiger partial charge in [0.1, 0.15) is 24.3 Å². The molecular weight excluding hydrogens is 409 g/mol. The van der Waals surface area contributed by atoms with E-state index in [1.807, 2.05) is 0 Å². The van der Waals surface area contributed by atoms with Gasteiger partial charge in [-0.05, 0) is 41.3 Å². The van der Waals surface area contributed by atoms with E-state index < -0.39 is 17.4 Å². The number of ether oxygens (including phenoxy) is 3. The largest absolute Gasteiger partial charge is 0.573 e. The van der Waals surface area contributed by atoms with Crippen molar-refractivity contribution in [1.29, 1.82) is 0 Å². The van der Waals surface area contributed by atoms with Crippen molar-refractivity contribution in [1.82, 2.24) is 14.5 Å². The molecule has 30 heavy (non-hydrogen) atoms. The Bertz CT molecular complexity index is 1050. The van der Waals surface area contributed by atoms with Crippen LogP contribution in [0.4, 0.5) is 19.0 Å². The number of pyridine rings is 1. The molecule has 0 N–H and O–H groups in total. The third kappa shape index (κ3) is 4.42. The van der Waals surface area contributed by atoms with Gasteiger partial charge < -0.3 is 24.3 Å². The lowest BCUT2D eigenvalue weighted by molar-refractivity contribution is -0.389. The van der Waals surface area contributed by atoms with E-state index in [-0.39, 0.29) is 24.2 Å². The van der Waals surface area contributed by atoms with Crippen molar-refractivity contribution in [2.45, 2.75) is 19.0 Å². The van der Waals surface area contributed by atoms with Crippen molar-refractivity contribution >= 4 is 5.82 Å². The van der Waals surface area contributed by atoms with E-state index >= 15 is 0 Å². The molecule has 3 aromatic rings. The molecule has 0 aliphatic carbocycles. The van der Waals surface area contributed by atoms with Crippen LogP contribution in [0.15, 0.2) is 48.8 Å². The van der Waals surface area contributed by atoms with Gasteiger partial charge in [-0.3, -0.25) is 9.55 Å². The quantitative estimate of drug-likeness (QED) is 0.457. The fourth-order valence-corrected chi connectivity index (χ4v) is 2.87. The minimum atomic E-state index is -4.75. The molecule has 0 spiro atoms. The van der Waals surface area contributed by atoms with Gasteiger partial charge in [0.05, 0.1) is 18.4 Å². The Labute approximate surface area is 166 Å². The van der Waals surface area contributed by atoms with Crippen LogP contribution < -0.4 is 14.2 Å². The number of nitrogens with zero attached hydrogens (tertiary/aromatic N) is 4. The number of fused-ring (bicyclic) bond motifs is 1. The molecular formula is C18H13F3N4O5. The number of imidazole rings is 1. The SMILES string of the molecule is O=[N+]([O-])c1cn2c(n1)OC[C@H](Oc1ccc(-c3ccc(OC(F)(F)F)cc3)nc1)C2. The average Bonchev–Trinajstić information content (AvgIpc) is 3.12. The predicted molar refractivity (Wildman–Crippen MR) is 95.1 cm³/mol. The number of halogens is 3. The summed E-state index contributed by atoms with van der Waals surface area (Å²) in [5.41, 5.74) is 1.14. The highest BCUT2D eigenvalue weighted by Crippen LogP contribution is 2.27. The molecule has 1 aliphatic heterocycles. The molecule has 0 amide bonds. The average molecular weight is 422 g/mol. The molecule has 2 aromatic heterocycles. The molecule has 156 valence electrons. The molecule has 1 atom stereocenters. The van der Waals surface area contributed by atoms with Gasteiger partial charge in [-0.25, -0.2) is 0 Å². The summed E-state index contributed by atoms with van der Waals surface area (Å²) >= 11 is 0. The highest BCUT2D eigenvalue weighted by atomic mass is 19.4. The van der Waals surface area contributed by atoms with Crippen molar-refractivity contribution in [3.63, 3.8) is 0 Å². The normalized spacial score (nSPS) is 15.8. The molecule has 0 bridgehead atoms. The van der Waals surface area contributed by atoms with E-state index in [1.165, 1.54) is 41.2 Å². The van der Waals surface area contributed by atoms with Gasteiger partial charge in [0.2, 0.25) is 0 Å². The number of hydrogen-bond acceptors (Lipinski definition) is 7. The maximum Gasteiger partial charge on any atom is 0.573 e. The Morgan fingerprint density at radius 3 is 2.53 bits per heavy atom. The molecule has 1 aliphatic rings. The number of nitro groups is 1. The zero-order valence-corrected chi connectivity index (χ0v) is 15.1. The highest BCUT2D eigenvalue weighted by molar-refractivity contribution is 5.60. The van der Waals surface area contributed by atoms with Crippen LogP contribution in [0, 0.1) is 10.1 Å². The zero-order valence-electron chi connectivity index (χ0n) is 15.1. The first-order valence-corrected chi connectivity index (χ1v) is 8.60. The van der Waals surface area contributed by atoms with E-state index in [1.54, 1.807) is 12.1 Å². The van der Waals surface area contributed by atoms with Crippen LogP contribution in [-0.4, -0.2) is 38.5 Å². The summed E-state index contributed by atoms with van der Waals surface area (Å²) < 4.78 is 53.2. The van der Waals surface area contributed by atoms with Gasteiger partial charge in [0.15, 0.2) is 6.10 Å². The highest BCUT2D eigenvalue weighted by Gasteiger charge is 2.31.